The molecule has 0 spiro atoms. The predicted octanol–water partition coefficient (Wildman–Crippen LogP) is 2.40. The molecule has 0 aromatic heterocycles. The van der Waals surface area contributed by atoms with E-state index in [0.717, 1.165) is 5.56 Å². The second-order valence-corrected chi connectivity index (χ2v) is 4.87. The Morgan fingerprint density at radius 3 is 2.83 bits per heavy atom. The van der Waals surface area contributed by atoms with Crippen LogP contribution in [0.2, 0.25) is 0 Å². The fourth-order valence-corrected chi connectivity index (χ4v) is 2.57. The molecule has 1 N–H and O–H groups in total. The minimum Gasteiger partial charge on any atom is -0.494 e. The Labute approximate surface area is 106 Å². The number of carbonyl (C=O) groups is 2. The maximum Gasteiger partial charge on any atom is 0.304 e. The smallest absolute Gasteiger partial charge is 0.304 e. The van der Waals surface area contributed by atoms with E-state index in [1.807, 2.05) is 19.9 Å². The summed E-state index contributed by atoms with van der Waals surface area (Å²) in [7, 11) is 0. The third kappa shape index (κ3) is 2.10. The molecule has 0 amide bonds. The van der Waals surface area contributed by atoms with E-state index in [-0.39, 0.29) is 18.6 Å². The fraction of sp³-hybridized carbons (Fsp3) is 0.429. The fourth-order valence-electron chi connectivity index (χ4n) is 2.57. The van der Waals surface area contributed by atoms with Crippen molar-refractivity contribution in [1.82, 2.24) is 0 Å². The van der Waals surface area contributed by atoms with E-state index < -0.39 is 11.4 Å². The maximum atomic E-state index is 12.0. The average Bonchev–Trinajstić information content (AvgIpc) is 2.50. The largest absolute Gasteiger partial charge is 0.494 e. The highest BCUT2D eigenvalue weighted by Gasteiger charge is 2.41. The van der Waals surface area contributed by atoms with Gasteiger partial charge in [0, 0.05) is 17.4 Å². The first-order valence-electron chi connectivity index (χ1n) is 5.98. The highest BCUT2D eigenvalue weighted by Crippen LogP contribution is 2.42. The minimum absolute atomic E-state index is 0.00435. The predicted molar refractivity (Wildman–Crippen MR) is 66.2 cm³/mol. The summed E-state index contributed by atoms with van der Waals surface area (Å²) in [4.78, 5) is 22.9. The van der Waals surface area contributed by atoms with E-state index in [2.05, 4.69) is 0 Å². The van der Waals surface area contributed by atoms with Gasteiger partial charge in [0.1, 0.15) is 5.75 Å². The monoisotopic (exact) mass is 248 g/mol. The number of ether oxygens (including phenoxy) is 1. The molecule has 0 aliphatic heterocycles. The van der Waals surface area contributed by atoms with E-state index in [1.165, 1.54) is 0 Å². The number of carboxylic acids is 1. The van der Waals surface area contributed by atoms with Crippen LogP contribution < -0.4 is 4.74 Å². The number of fused-ring (bicyclic) bond motifs is 1. The normalized spacial score (nSPS) is 21.8. The Morgan fingerprint density at radius 2 is 2.22 bits per heavy atom. The molecular formula is C14H16O4. The molecule has 2 rings (SSSR count). The van der Waals surface area contributed by atoms with E-state index in [4.69, 9.17) is 9.84 Å². The molecule has 0 bridgehead atoms. The van der Waals surface area contributed by atoms with Crippen molar-refractivity contribution in [3.05, 3.63) is 29.3 Å². The number of Topliss-reactive ketones (excluding diaryl/α,β-unsaturated/α-hetero) is 1. The third-order valence-corrected chi connectivity index (χ3v) is 3.34. The standard InChI is InChI=1S/C14H16O4/c1-3-18-9-4-5-11-10(6-9)12(15)7-14(11,2)8-13(16)17/h4-6H,3,7-8H2,1-2H3,(H,16,17). The molecule has 0 radical (unpaired) electrons. The lowest BCUT2D eigenvalue weighted by Gasteiger charge is -2.22. The molecule has 0 heterocycles. The van der Waals surface area contributed by atoms with Gasteiger partial charge in [-0.05, 0) is 24.6 Å². The zero-order valence-electron chi connectivity index (χ0n) is 10.5. The molecule has 1 aliphatic rings. The third-order valence-electron chi connectivity index (χ3n) is 3.34. The van der Waals surface area contributed by atoms with Crippen molar-refractivity contribution in [2.45, 2.75) is 32.1 Å². The lowest BCUT2D eigenvalue weighted by molar-refractivity contribution is -0.138. The molecule has 4 nitrogen and oxygen atoms in total. The summed E-state index contributed by atoms with van der Waals surface area (Å²) in [5.74, 6) is -0.230. The SMILES string of the molecule is CCOc1ccc2c(c1)C(=O)CC2(C)CC(=O)O. The molecule has 0 saturated heterocycles. The van der Waals surface area contributed by atoms with Gasteiger partial charge in [-0.3, -0.25) is 9.59 Å². The molecular weight excluding hydrogens is 232 g/mol. The summed E-state index contributed by atoms with van der Waals surface area (Å²) in [6.07, 6.45) is 0.226. The van der Waals surface area contributed by atoms with Crippen LogP contribution in [0.25, 0.3) is 0 Å². The van der Waals surface area contributed by atoms with Crippen LogP contribution in [0.1, 0.15) is 42.6 Å². The first-order chi connectivity index (χ1) is 8.46. The van der Waals surface area contributed by atoms with E-state index in [1.54, 1.807) is 12.1 Å². The number of carbonyl (C=O) groups excluding carboxylic acids is 1. The van der Waals surface area contributed by atoms with Crippen molar-refractivity contribution in [3.8, 4) is 5.75 Å². The molecule has 1 aliphatic carbocycles. The van der Waals surface area contributed by atoms with Crippen LogP contribution in [0, 0.1) is 0 Å². The molecule has 0 saturated carbocycles. The van der Waals surface area contributed by atoms with Gasteiger partial charge in [-0.15, -0.1) is 0 Å². The number of ketones is 1. The summed E-state index contributed by atoms with van der Waals surface area (Å²) in [6.45, 7) is 4.24. The number of rotatable bonds is 4. The van der Waals surface area contributed by atoms with Gasteiger partial charge in [-0.2, -0.15) is 0 Å². The minimum atomic E-state index is -0.882. The Balaban J connectivity index is 2.41. The van der Waals surface area contributed by atoms with Gasteiger partial charge in [0.15, 0.2) is 5.78 Å². The van der Waals surface area contributed by atoms with Crippen molar-refractivity contribution < 1.29 is 19.4 Å². The van der Waals surface area contributed by atoms with E-state index in [9.17, 15) is 9.59 Å². The van der Waals surface area contributed by atoms with E-state index >= 15 is 0 Å². The van der Waals surface area contributed by atoms with E-state index in [0.29, 0.717) is 17.9 Å². The number of aliphatic carboxylic acids is 1. The van der Waals surface area contributed by atoms with Crippen LogP contribution in [-0.2, 0) is 10.2 Å². The summed E-state index contributed by atoms with van der Waals surface area (Å²) in [6, 6.07) is 5.32. The quantitative estimate of drug-likeness (QED) is 0.888. The molecule has 0 fully saturated rings. The Bertz CT molecular complexity index is 507. The van der Waals surface area contributed by atoms with Gasteiger partial charge < -0.3 is 9.84 Å². The highest BCUT2D eigenvalue weighted by molar-refractivity contribution is 6.03. The molecule has 1 aromatic carbocycles. The van der Waals surface area contributed by atoms with Crippen LogP contribution in [-0.4, -0.2) is 23.5 Å². The van der Waals surface area contributed by atoms with Gasteiger partial charge in [0.05, 0.1) is 13.0 Å². The lowest BCUT2D eigenvalue weighted by atomic mass is 9.81. The van der Waals surface area contributed by atoms with Gasteiger partial charge in [-0.1, -0.05) is 13.0 Å². The molecule has 18 heavy (non-hydrogen) atoms. The van der Waals surface area contributed by atoms with Crippen LogP contribution in [0.15, 0.2) is 18.2 Å². The molecule has 1 unspecified atom stereocenters. The van der Waals surface area contributed by atoms with Crippen LogP contribution >= 0.6 is 0 Å². The van der Waals surface area contributed by atoms with Crippen LogP contribution in [0.3, 0.4) is 0 Å². The molecule has 1 aromatic rings. The van der Waals surface area contributed by atoms with Crippen molar-refractivity contribution in [3.63, 3.8) is 0 Å². The Kier molecular flexibility index (Phi) is 3.11. The molecule has 96 valence electrons. The second-order valence-electron chi connectivity index (χ2n) is 4.87. The zero-order chi connectivity index (χ0) is 13.3. The Hall–Kier alpha value is -1.84. The van der Waals surface area contributed by atoms with Crippen molar-refractivity contribution >= 4 is 11.8 Å². The highest BCUT2D eigenvalue weighted by atomic mass is 16.5. The van der Waals surface area contributed by atoms with Gasteiger partial charge in [0.25, 0.3) is 0 Å². The van der Waals surface area contributed by atoms with Crippen LogP contribution in [0.4, 0.5) is 0 Å². The number of carboxylic acid groups (broad SMARTS) is 1. The number of hydrogen-bond donors (Lipinski definition) is 1. The van der Waals surface area contributed by atoms with Gasteiger partial charge in [0.2, 0.25) is 0 Å². The first kappa shape index (κ1) is 12.6. The maximum absolute atomic E-state index is 12.0. The second kappa shape index (κ2) is 4.44. The Morgan fingerprint density at radius 1 is 1.50 bits per heavy atom. The summed E-state index contributed by atoms with van der Waals surface area (Å²) in [5.41, 5.74) is 0.825. The topological polar surface area (TPSA) is 63.6 Å². The number of hydrogen-bond acceptors (Lipinski definition) is 3. The summed E-state index contributed by atoms with van der Waals surface area (Å²) in [5, 5.41) is 8.95. The van der Waals surface area contributed by atoms with Crippen molar-refractivity contribution in [2.24, 2.45) is 0 Å². The van der Waals surface area contributed by atoms with Crippen molar-refractivity contribution in [1.29, 1.82) is 0 Å². The van der Waals surface area contributed by atoms with Gasteiger partial charge in [-0.25, -0.2) is 0 Å². The molecule has 4 heteroatoms. The average molecular weight is 248 g/mol. The molecule has 1 atom stereocenters. The first-order valence-corrected chi connectivity index (χ1v) is 5.98. The van der Waals surface area contributed by atoms with Crippen molar-refractivity contribution in [2.75, 3.05) is 6.61 Å². The number of benzene rings is 1. The summed E-state index contributed by atoms with van der Waals surface area (Å²) >= 11 is 0. The zero-order valence-corrected chi connectivity index (χ0v) is 10.5. The lowest BCUT2D eigenvalue weighted by Crippen LogP contribution is -2.23. The van der Waals surface area contributed by atoms with Gasteiger partial charge >= 0.3 is 5.97 Å². The summed E-state index contributed by atoms with van der Waals surface area (Å²) < 4.78 is 5.36. The van der Waals surface area contributed by atoms with Crippen LogP contribution in [0.5, 0.6) is 5.75 Å².